The maximum Gasteiger partial charge on any atom is 0.337 e. The normalized spacial score (nSPS) is 16.3. The molecule has 1 heterocycles. The van der Waals surface area contributed by atoms with E-state index in [1.807, 2.05) is 18.2 Å². The molecule has 3 rings (SSSR count). The van der Waals surface area contributed by atoms with Crippen LogP contribution < -0.4 is 15.0 Å². The van der Waals surface area contributed by atoms with Crippen molar-refractivity contribution in [2.45, 2.75) is 13.0 Å². The fraction of sp³-hybridized carbons (Fsp3) is 0.200. The van der Waals surface area contributed by atoms with Crippen molar-refractivity contribution >= 4 is 34.7 Å². The van der Waals surface area contributed by atoms with Crippen LogP contribution in [0.25, 0.3) is 0 Å². The van der Waals surface area contributed by atoms with Crippen molar-refractivity contribution in [3.63, 3.8) is 0 Å². The quantitative estimate of drug-likeness (QED) is 0.345. The molecular formula is C20H19N3O5S. The predicted octanol–water partition coefficient (Wildman–Crippen LogP) is 3.49. The Morgan fingerprint density at radius 3 is 2.59 bits per heavy atom. The second kappa shape index (κ2) is 8.27. The molecule has 2 aromatic rings. The van der Waals surface area contributed by atoms with Crippen LogP contribution in [0.3, 0.4) is 0 Å². The molecule has 0 amide bonds. The van der Waals surface area contributed by atoms with Gasteiger partial charge in [0.25, 0.3) is 5.69 Å². The second-order valence-corrected chi connectivity index (χ2v) is 6.62. The number of hydrogen-bond donors (Lipinski definition) is 1. The van der Waals surface area contributed by atoms with Crippen molar-refractivity contribution in [1.29, 1.82) is 0 Å². The standard InChI is InChI=1S/C20H19N3O5S/c1-12-17(19(24)28-3)18(13-7-6-8-14(11-13)23(25)26)21-20(29)22(12)15-9-4-5-10-16(15)27-2/h4-11,18H,1-3H3,(H,21,29). The predicted molar refractivity (Wildman–Crippen MR) is 112 cm³/mol. The van der Waals surface area contributed by atoms with Crippen LogP contribution in [0.2, 0.25) is 0 Å². The molecule has 0 saturated carbocycles. The minimum atomic E-state index is -0.694. The highest BCUT2D eigenvalue weighted by Crippen LogP contribution is 2.38. The molecule has 1 aliphatic rings. The number of allylic oxidation sites excluding steroid dienone is 1. The number of carbonyl (C=O) groups is 1. The number of benzene rings is 2. The molecule has 1 N–H and O–H groups in total. The summed E-state index contributed by atoms with van der Waals surface area (Å²) < 4.78 is 10.4. The molecule has 0 fully saturated rings. The van der Waals surface area contributed by atoms with Gasteiger partial charge in [0.2, 0.25) is 0 Å². The number of ether oxygens (including phenoxy) is 2. The van der Waals surface area contributed by atoms with Gasteiger partial charge in [-0.05, 0) is 36.8 Å². The average molecular weight is 413 g/mol. The Kier molecular flexibility index (Phi) is 5.79. The Balaban J connectivity index is 2.18. The molecule has 2 aromatic carbocycles. The Morgan fingerprint density at radius 1 is 1.21 bits per heavy atom. The van der Waals surface area contributed by atoms with E-state index in [0.717, 1.165) is 0 Å². The zero-order valence-corrected chi connectivity index (χ0v) is 16.9. The first-order chi connectivity index (χ1) is 13.9. The first-order valence-electron chi connectivity index (χ1n) is 8.66. The van der Waals surface area contributed by atoms with E-state index in [0.29, 0.717) is 33.4 Å². The Bertz CT molecular complexity index is 1020. The van der Waals surface area contributed by atoms with Crippen molar-refractivity contribution in [2.24, 2.45) is 0 Å². The molecule has 29 heavy (non-hydrogen) atoms. The maximum absolute atomic E-state index is 12.7. The number of thiocarbonyl (C=S) groups is 1. The van der Waals surface area contributed by atoms with Crippen LogP contribution in [0.1, 0.15) is 18.5 Å². The third-order valence-corrected chi connectivity index (χ3v) is 4.93. The lowest BCUT2D eigenvalue weighted by atomic mass is 9.94. The summed E-state index contributed by atoms with van der Waals surface area (Å²) in [6.07, 6.45) is 0. The minimum absolute atomic E-state index is 0.0794. The second-order valence-electron chi connectivity index (χ2n) is 6.23. The molecular weight excluding hydrogens is 394 g/mol. The highest BCUT2D eigenvalue weighted by atomic mass is 32.1. The van der Waals surface area contributed by atoms with E-state index in [1.54, 1.807) is 37.1 Å². The molecule has 1 aliphatic heterocycles. The van der Waals surface area contributed by atoms with Crippen molar-refractivity contribution < 1.29 is 19.2 Å². The van der Waals surface area contributed by atoms with Gasteiger partial charge >= 0.3 is 5.97 Å². The zero-order valence-electron chi connectivity index (χ0n) is 16.0. The summed E-state index contributed by atoms with van der Waals surface area (Å²) in [6.45, 7) is 1.75. The van der Waals surface area contributed by atoms with E-state index in [1.165, 1.54) is 19.2 Å². The Hall–Kier alpha value is -3.46. The van der Waals surface area contributed by atoms with E-state index in [9.17, 15) is 14.9 Å². The monoisotopic (exact) mass is 413 g/mol. The number of hydrogen-bond acceptors (Lipinski definition) is 6. The number of nitro groups is 1. The number of anilines is 1. The summed E-state index contributed by atoms with van der Waals surface area (Å²) in [4.78, 5) is 25.0. The lowest BCUT2D eigenvalue weighted by Gasteiger charge is -2.37. The fourth-order valence-corrected chi connectivity index (χ4v) is 3.64. The van der Waals surface area contributed by atoms with Gasteiger partial charge in [-0.15, -0.1) is 0 Å². The minimum Gasteiger partial charge on any atom is -0.495 e. The van der Waals surface area contributed by atoms with Crippen LogP contribution >= 0.6 is 12.2 Å². The lowest BCUT2D eigenvalue weighted by Crippen LogP contribution is -2.48. The van der Waals surface area contributed by atoms with E-state index >= 15 is 0 Å². The SMILES string of the molecule is COC(=O)C1=C(C)N(c2ccccc2OC)C(=S)NC1c1cccc([N+](=O)[O-])c1. The van der Waals surface area contributed by atoms with Gasteiger partial charge in [0, 0.05) is 17.8 Å². The number of esters is 1. The van der Waals surface area contributed by atoms with Gasteiger partial charge in [-0.1, -0.05) is 24.3 Å². The molecule has 9 heteroatoms. The van der Waals surface area contributed by atoms with Gasteiger partial charge in [-0.2, -0.15) is 0 Å². The molecule has 0 saturated heterocycles. The highest BCUT2D eigenvalue weighted by Gasteiger charge is 2.36. The number of rotatable bonds is 5. The van der Waals surface area contributed by atoms with Crippen LogP contribution in [0.5, 0.6) is 5.75 Å². The summed E-state index contributed by atoms with van der Waals surface area (Å²) in [6, 6.07) is 12.6. The highest BCUT2D eigenvalue weighted by molar-refractivity contribution is 7.80. The summed E-state index contributed by atoms with van der Waals surface area (Å²) >= 11 is 5.57. The van der Waals surface area contributed by atoms with Crippen molar-refractivity contribution in [2.75, 3.05) is 19.1 Å². The van der Waals surface area contributed by atoms with E-state index in [2.05, 4.69) is 5.32 Å². The van der Waals surface area contributed by atoms with E-state index in [-0.39, 0.29) is 5.69 Å². The first-order valence-corrected chi connectivity index (χ1v) is 9.07. The number of methoxy groups -OCH3 is 2. The number of nitrogens with one attached hydrogen (secondary N) is 1. The molecule has 0 spiro atoms. The van der Waals surface area contributed by atoms with Gasteiger partial charge in [0.15, 0.2) is 5.11 Å². The number of nitro benzene ring substituents is 1. The van der Waals surface area contributed by atoms with Crippen LogP contribution in [-0.2, 0) is 9.53 Å². The van der Waals surface area contributed by atoms with Gasteiger partial charge in [0.1, 0.15) is 5.75 Å². The summed E-state index contributed by atoms with van der Waals surface area (Å²) in [5, 5.41) is 14.6. The van der Waals surface area contributed by atoms with Crippen LogP contribution in [-0.4, -0.2) is 30.2 Å². The summed E-state index contributed by atoms with van der Waals surface area (Å²) in [7, 11) is 2.83. The third kappa shape index (κ3) is 3.77. The van der Waals surface area contributed by atoms with Gasteiger partial charge < -0.3 is 14.8 Å². The van der Waals surface area contributed by atoms with Crippen LogP contribution in [0.4, 0.5) is 11.4 Å². The topological polar surface area (TPSA) is 93.9 Å². The zero-order chi connectivity index (χ0) is 21.1. The molecule has 1 atom stereocenters. The van der Waals surface area contributed by atoms with Crippen molar-refractivity contribution in [3.8, 4) is 5.75 Å². The fourth-order valence-electron chi connectivity index (χ4n) is 3.29. The lowest BCUT2D eigenvalue weighted by molar-refractivity contribution is -0.384. The van der Waals surface area contributed by atoms with E-state index in [4.69, 9.17) is 21.7 Å². The molecule has 0 radical (unpaired) electrons. The number of non-ortho nitro benzene ring substituents is 1. The molecule has 0 aliphatic carbocycles. The van der Waals surface area contributed by atoms with Crippen LogP contribution in [0.15, 0.2) is 59.8 Å². The van der Waals surface area contributed by atoms with Crippen molar-refractivity contribution in [1.82, 2.24) is 5.32 Å². The molecule has 0 aromatic heterocycles. The number of para-hydroxylation sites is 2. The molecule has 0 bridgehead atoms. The average Bonchev–Trinajstić information content (AvgIpc) is 2.73. The van der Waals surface area contributed by atoms with E-state index < -0.39 is 16.9 Å². The van der Waals surface area contributed by atoms with Gasteiger partial charge in [-0.25, -0.2) is 4.79 Å². The third-order valence-electron chi connectivity index (χ3n) is 4.63. The van der Waals surface area contributed by atoms with Crippen molar-refractivity contribution in [3.05, 3.63) is 75.5 Å². The largest absolute Gasteiger partial charge is 0.495 e. The van der Waals surface area contributed by atoms with Crippen LogP contribution in [0, 0.1) is 10.1 Å². The smallest absolute Gasteiger partial charge is 0.337 e. The first kappa shape index (κ1) is 20.3. The number of carbonyl (C=O) groups excluding carboxylic acids is 1. The molecule has 8 nitrogen and oxygen atoms in total. The Labute approximate surface area is 172 Å². The summed E-state index contributed by atoms with van der Waals surface area (Å²) in [5.74, 6) is 0.0166. The van der Waals surface area contributed by atoms with Gasteiger partial charge in [-0.3, -0.25) is 15.0 Å². The molecule has 150 valence electrons. The number of nitrogens with zero attached hydrogens (tertiary/aromatic N) is 2. The maximum atomic E-state index is 12.7. The van der Waals surface area contributed by atoms with Gasteiger partial charge in [0.05, 0.1) is 36.4 Å². The summed E-state index contributed by atoms with van der Waals surface area (Å²) in [5.41, 5.74) is 1.95. The molecule has 1 unspecified atom stereocenters. The Morgan fingerprint density at radius 2 is 1.93 bits per heavy atom.